The highest BCUT2D eigenvalue weighted by Gasteiger charge is 2.25. The van der Waals surface area contributed by atoms with Crippen molar-refractivity contribution in [3.05, 3.63) is 60.2 Å². The summed E-state index contributed by atoms with van der Waals surface area (Å²) in [5.41, 5.74) is 0.567. The number of amides is 2. The molecular weight excluding hydrogens is 384 g/mol. The summed E-state index contributed by atoms with van der Waals surface area (Å²) in [5, 5.41) is 2.76. The molecule has 148 valence electrons. The van der Waals surface area contributed by atoms with Crippen LogP contribution in [0.3, 0.4) is 0 Å². The fourth-order valence-corrected chi connectivity index (χ4v) is 3.78. The zero-order valence-electron chi connectivity index (χ0n) is 15.3. The maximum absolute atomic E-state index is 12.9. The fourth-order valence-electron chi connectivity index (χ4n) is 2.98. The van der Waals surface area contributed by atoms with Crippen molar-refractivity contribution in [3.8, 4) is 0 Å². The van der Waals surface area contributed by atoms with E-state index in [1.165, 1.54) is 48.2 Å². The number of hydrogen-bond donors (Lipinski definition) is 2. The Morgan fingerprint density at radius 1 is 0.964 bits per heavy atom. The molecule has 0 unspecified atom stereocenters. The molecule has 1 saturated heterocycles. The molecule has 2 aromatic carbocycles. The van der Waals surface area contributed by atoms with Crippen molar-refractivity contribution in [1.29, 1.82) is 0 Å². The predicted molar refractivity (Wildman–Crippen MR) is 104 cm³/mol. The van der Waals surface area contributed by atoms with E-state index in [4.69, 9.17) is 0 Å². The largest absolute Gasteiger partial charge is 0.331 e. The predicted octanol–water partition coefficient (Wildman–Crippen LogP) is 1.42. The van der Waals surface area contributed by atoms with Crippen LogP contribution in [0.25, 0.3) is 0 Å². The second-order valence-electron chi connectivity index (χ2n) is 6.61. The summed E-state index contributed by atoms with van der Waals surface area (Å²) in [6, 6.07) is 11.7. The maximum Gasteiger partial charge on any atom is 0.279 e. The van der Waals surface area contributed by atoms with Gasteiger partial charge in [0.2, 0.25) is 5.91 Å². The first-order valence-electron chi connectivity index (χ1n) is 9.05. The van der Waals surface area contributed by atoms with Crippen LogP contribution in [-0.4, -0.2) is 55.2 Å². The van der Waals surface area contributed by atoms with Crippen molar-refractivity contribution in [1.82, 2.24) is 4.90 Å². The average molecular weight is 406 g/mol. The Labute approximate surface area is 166 Å². The lowest BCUT2D eigenvalue weighted by atomic mass is 10.3. The number of hydrogen-bond acceptors (Lipinski definition) is 3. The molecule has 0 bridgehead atoms. The highest BCUT2D eigenvalue weighted by Crippen LogP contribution is 2.18. The normalized spacial score (nSPS) is 14.7. The minimum absolute atomic E-state index is 0.0455. The van der Waals surface area contributed by atoms with Gasteiger partial charge in [-0.3, -0.25) is 9.59 Å². The highest BCUT2D eigenvalue weighted by molar-refractivity contribution is 8.00. The minimum atomic E-state index is -0.345. The number of rotatable bonds is 6. The lowest BCUT2D eigenvalue weighted by Crippen LogP contribution is -3.15. The number of carbonyl (C=O) groups is 2. The topological polar surface area (TPSA) is 53.9 Å². The molecule has 0 aliphatic carbocycles. The van der Waals surface area contributed by atoms with E-state index < -0.39 is 0 Å². The molecule has 2 amide bonds. The molecule has 2 aromatic rings. The first-order chi connectivity index (χ1) is 13.5. The smallest absolute Gasteiger partial charge is 0.279 e. The van der Waals surface area contributed by atoms with Crippen LogP contribution in [0.4, 0.5) is 14.5 Å². The van der Waals surface area contributed by atoms with E-state index in [0.29, 0.717) is 44.2 Å². The Kier molecular flexibility index (Phi) is 7.00. The quantitative estimate of drug-likeness (QED) is 0.714. The number of carbonyl (C=O) groups excluding carboxylic acids is 2. The van der Waals surface area contributed by atoms with Gasteiger partial charge in [-0.25, -0.2) is 8.78 Å². The fraction of sp³-hybridized carbons (Fsp3) is 0.300. The van der Waals surface area contributed by atoms with Crippen molar-refractivity contribution in [2.24, 2.45) is 0 Å². The Morgan fingerprint density at radius 2 is 1.54 bits per heavy atom. The zero-order chi connectivity index (χ0) is 19.9. The molecule has 5 nitrogen and oxygen atoms in total. The second-order valence-corrected chi connectivity index (χ2v) is 7.65. The molecule has 3 rings (SSSR count). The highest BCUT2D eigenvalue weighted by atomic mass is 32.2. The molecule has 1 aliphatic rings. The van der Waals surface area contributed by atoms with Gasteiger partial charge in [-0.05, 0) is 48.5 Å². The van der Waals surface area contributed by atoms with Crippen molar-refractivity contribution in [2.45, 2.75) is 4.90 Å². The third-order valence-electron chi connectivity index (χ3n) is 4.54. The number of nitrogens with one attached hydrogen (secondary N) is 2. The van der Waals surface area contributed by atoms with E-state index in [1.807, 2.05) is 0 Å². The van der Waals surface area contributed by atoms with Crippen molar-refractivity contribution in [3.63, 3.8) is 0 Å². The SMILES string of the molecule is O=C(C[NH+]1CCN(C(=O)CSc2ccc(F)cc2)CC1)Nc1ccc(F)cc1. The molecule has 0 saturated carbocycles. The van der Waals surface area contributed by atoms with Crippen LogP contribution in [0.2, 0.25) is 0 Å². The van der Waals surface area contributed by atoms with Crippen LogP contribution in [0.15, 0.2) is 53.4 Å². The Bertz CT molecular complexity index is 807. The molecule has 8 heteroatoms. The van der Waals surface area contributed by atoms with Crippen LogP contribution < -0.4 is 10.2 Å². The first kappa shape index (κ1) is 20.3. The monoisotopic (exact) mass is 406 g/mol. The summed E-state index contributed by atoms with van der Waals surface area (Å²) < 4.78 is 25.8. The molecule has 28 heavy (non-hydrogen) atoms. The van der Waals surface area contributed by atoms with Crippen molar-refractivity contribution < 1.29 is 23.3 Å². The molecule has 1 aliphatic heterocycles. The number of thioether (sulfide) groups is 1. The molecular formula is C20H22F2N3O2S+. The third-order valence-corrected chi connectivity index (χ3v) is 5.53. The van der Waals surface area contributed by atoms with E-state index in [-0.39, 0.29) is 23.4 Å². The van der Waals surface area contributed by atoms with E-state index in [0.717, 1.165) is 9.80 Å². The van der Waals surface area contributed by atoms with E-state index in [1.54, 1.807) is 17.0 Å². The summed E-state index contributed by atoms with van der Waals surface area (Å²) in [5.74, 6) is -0.413. The van der Waals surface area contributed by atoms with E-state index in [2.05, 4.69) is 5.32 Å². The molecule has 0 aromatic heterocycles. The Hall–Kier alpha value is -2.45. The van der Waals surface area contributed by atoms with Gasteiger partial charge >= 0.3 is 0 Å². The van der Waals surface area contributed by atoms with Crippen LogP contribution in [0, 0.1) is 11.6 Å². The third kappa shape index (κ3) is 6.03. The molecule has 0 atom stereocenters. The van der Waals surface area contributed by atoms with E-state index in [9.17, 15) is 18.4 Å². The summed E-state index contributed by atoms with van der Waals surface area (Å²) >= 11 is 1.39. The number of halogens is 2. The van der Waals surface area contributed by atoms with Gasteiger partial charge < -0.3 is 15.1 Å². The van der Waals surface area contributed by atoms with E-state index >= 15 is 0 Å². The first-order valence-corrected chi connectivity index (χ1v) is 10.0. The van der Waals surface area contributed by atoms with Crippen molar-refractivity contribution >= 4 is 29.3 Å². The second kappa shape index (κ2) is 9.66. The summed E-state index contributed by atoms with van der Waals surface area (Å²) in [6.07, 6.45) is 0. The van der Waals surface area contributed by atoms with Gasteiger partial charge in [0.1, 0.15) is 11.6 Å². The van der Waals surface area contributed by atoms with Gasteiger partial charge in [-0.2, -0.15) is 0 Å². The summed E-state index contributed by atoms with van der Waals surface area (Å²) in [4.78, 5) is 28.2. The maximum atomic E-state index is 12.9. The number of quaternary nitrogens is 1. The Balaban J connectivity index is 1.38. The summed E-state index contributed by atoms with van der Waals surface area (Å²) in [6.45, 7) is 2.90. The number of piperazine rings is 1. The van der Waals surface area contributed by atoms with Gasteiger partial charge in [-0.1, -0.05) is 0 Å². The number of benzene rings is 2. The molecule has 1 fully saturated rings. The number of nitrogens with zero attached hydrogens (tertiary/aromatic N) is 1. The Morgan fingerprint density at radius 3 is 2.14 bits per heavy atom. The van der Waals surface area contributed by atoms with Gasteiger partial charge in [-0.15, -0.1) is 11.8 Å². The van der Waals surface area contributed by atoms with Gasteiger partial charge in [0.15, 0.2) is 6.54 Å². The average Bonchev–Trinajstić information content (AvgIpc) is 2.69. The molecule has 0 radical (unpaired) electrons. The van der Waals surface area contributed by atoms with Gasteiger partial charge in [0.05, 0.1) is 31.9 Å². The molecule has 2 N–H and O–H groups in total. The lowest BCUT2D eigenvalue weighted by molar-refractivity contribution is -0.895. The van der Waals surface area contributed by atoms with Crippen LogP contribution in [0.1, 0.15) is 0 Å². The molecule has 1 heterocycles. The summed E-state index contributed by atoms with van der Waals surface area (Å²) in [7, 11) is 0. The van der Waals surface area contributed by atoms with Crippen LogP contribution in [0.5, 0.6) is 0 Å². The van der Waals surface area contributed by atoms with Crippen LogP contribution in [-0.2, 0) is 9.59 Å². The van der Waals surface area contributed by atoms with Crippen LogP contribution >= 0.6 is 11.8 Å². The lowest BCUT2D eigenvalue weighted by Gasteiger charge is -2.31. The molecule has 0 spiro atoms. The standard InChI is InChI=1S/C20H21F2N3O2S/c21-15-1-5-17(6-2-15)23-19(26)13-24-9-11-25(12-10-24)20(27)14-28-18-7-3-16(22)4-8-18/h1-8H,9-14H2,(H,23,26)/p+1. The van der Waals surface area contributed by atoms with Crippen molar-refractivity contribution in [2.75, 3.05) is 43.8 Å². The van der Waals surface area contributed by atoms with Gasteiger partial charge in [0, 0.05) is 10.6 Å². The van der Waals surface area contributed by atoms with Gasteiger partial charge in [0.25, 0.3) is 5.91 Å². The zero-order valence-corrected chi connectivity index (χ0v) is 16.1. The minimum Gasteiger partial charge on any atom is -0.331 e. The number of anilines is 1.